The first-order valence-electron chi connectivity index (χ1n) is 7.85. The number of imide groups is 1. The monoisotopic (exact) mass is 355 g/mol. The zero-order chi connectivity index (χ0) is 18.0. The van der Waals surface area contributed by atoms with Gasteiger partial charge in [-0.2, -0.15) is 0 Å². The molecule has 5 nitrogen and oxygen atoms in total. The topological polar surface area (TPSA) is 55.8 Å². The lowest BCUT2D eigenvalue weighted by molar-refractivity contribution is -0.274. The van der Waals surface area contributed by atoms with Crippen LogP contribution in [0.1, 0.15) is 18.4 Å². The number of carbonyl (C=O) groups is 2. The second-order valence-corrected chi connectivity index (χ2v) is 5.94. The molecule has 8 heteroatoms. The van der Waals surface area contributed by atoms with Crippen LogP contribution in [0.4, 0.5) is 13.2 Å². The molecule has 0 saturated carbocycles. The van der Waals surface area contributed by atoms with Gasteiger partial charge in [0.15, 0.2) is 0 Å². The quantitative estimate of drug-likeness (QED) is 0.780. The van der Waals surface area contributed by atoms with Crippen LogP contribution < -0.4 is 4.74 Å². The van der Waals surface area contributed by atoms with E-state index < -0.39 is 23.9 Å². The van der Waals surface area contributed by atoms with E-state index in [-0.39, 0.29) is 17.1 Å². The predicted octanol–water partition coefficient (Wildman–Crippen LogP) is 2.76. The Morgan fingerprint density at radius 3 is 2.60 bits per heavy atom. The third-order valence-corrected chi connectivity index (χ3v) is 4.17. The molecule has 2 heterocycles. The van der Waals surface area contributed by atoms with Gasteiger partial charge in [0.2, 0.25) is 0 Å². The lowest BCUT2D eigenvalue weighted by Crippen LogP contribution is -2.37. The van der Waals surface area contributed by atoms with Crippen LogP contribution in [0.5, 0.6) is 5.75 Å². The Balaban J connectivity index is 1.75. The minimum atomic E-state index is -4.82. The highest BCUT2D eigenvalue weighted by atomic mass is 19.4. The van der Waals surface area contributed by atoms with E-state index in [1.165, 1.54) is 12.1 Å². The maximum atomic E-state index is 12.5. The van der Waals surface area contributed by atoms with Crippen LogP contribution in [-0.4, -0.2) is 42.8 Å². The molecule has 0 aromatic heterocycles. The van der Waals surface area contributed by atoms with Crippen molar-refractivity contribution in [2.75, 3.05) is 19.8 Å². The van der Waals surface area contributed by atoms with Crippen molar-refractivity contribution < 1.29 is 32.2 Å². The lowest BCUT2D eigenvalue weighted by Gasteiger charge is -2.26. The first-order chi connectivity index (χ1) is 11.8. The van der Waals surface area contributed by atoms with Crippen molar-refractivity contribution in [2.45, 2.75) is 19.2 Å². The SMILES string of the molecule is O=C1C=C(c2cccc(OC(F)(F)F)c2)C(=O)N1CC1CCOCC1. The molecule has 1 aromatic rings. The van der Waals surface area contributed by atoms with Gasteiger partial charge in [-0.05, 0) is 36.5 Å². The Labute approximate surface area is 142 Å². The van der Waals surface area contributed by atoms with Crippen LogP contribution >= 0.6 is 0 Å². The molecule has 0 radical (unpaired) electrons. The summed E-state index contributed by atoms with van der Waals surface area (Å²) in [5, 5.41) is 0. The van der Waals surface area contributed by atoms with Crippen molar-refractivity contribution in [3.8, 4) is 5.75 Å². The number of ether oxygens (including phenoxy) is 2. The van der Waals surface area contributed by atoms with Crippen molar-refractivity contribution >= 4 is 17.4 Å². The van der Waals surface area contributed by atoms with E-state index in [9.17, 15) is 22.8 Å². The zero-order valence-electron chi connectivity index (χ0n) is 13.2. The number of hydrogen-bond acceptors (Lipinski definition) is 4. The van der Waals surface area contributed by atoms with Crippen LogP contribution in [-0.2, 0) is 14.3 Å². The minimum absolute atomic E-state index is 0.0738. The van der Waals surface area contributed by atoms with Crippen LogP contribution in [0, 0.1) is 5.92 Å². The van der Waals surface area contributed by atoms with E-state index in [1.54, 1.807) is 0 Å². The van der Waals surface area contributed by atoms with E-state index in [1.807, 2.05) is 0 Å². The molecule has 0 bridgehead atoms. The molecule has 0 aliphatic carbocycles. The molecule has 0 N–H and O–H groups in total. The molecule has 2 amide bonds. The van der Waals surface area contributed by atoms with E-state index in [0.717, 1.165) is 36.0 Å². The van der Waals surface area contributed by atoms with E-state index in [0.29, 0.717) is 19.8 Å². The Kier molecular flexibility index (Phi) is 4.80. The number of alkyl halides is 3. The molecule has 1 aromatic carbocycles. The zero-order valence-corrected chi connectivity index (χ0v) is 13.2. The third kappa shape index (κ3) is 4.19. The Bertz CT molecular complexity index is 708. The van der Waals surface area contributed by atoms with Gasteiger partial charge in [-0.25, -0.2) is 0 Å². The number of halogens is 3. The molecule has 0 atom stereocenters. The average Bonchev–Trinajstić information content (AvgIpc) is 2.83. The second-order valence-electron chi connectivity index (χ2n) is 5.94. The van der Waals surface area contributed by atoms with Gasteiger partial charge in [0.05, 0.1) is 5.57 Å². The summed E-state index contributed by atoms with van der Waals surface area (Å²) in [5.41, 5.74) is 0.291. The number of hydrogen-bond donors (Lipinski definition) is 0. The molecule has 2 aliphatic heterocycles. The largest absolute Gasteiger partial charge is 0.573 e. The summed E-state index contributed by atoms with van der Waals surface area (Å²) in [6.07, 6.45) is -2.13. The summed E-state index contributed by atoms with van der Waals surface area (Å²) in [6, 6.07) is 5.05. The van der Waals surface area contributed by atoms with Crippen LogP contribution in [0.25, 0.3) is 5.57 Å². The molecule has 0 spiro atoms. The van der Waals surface area contributed by atoms with Gasteiger partial charge in [0.25, 0.3) is 11.8 Å². The fraction of sp³-hybridized carbons (Fsp3) is 0.412. The summed E-state index contributed by atoms with van der Waals surface area (Å²) >= 11 is 0. The van der Waals surface area contributed by atoms with E-state index >= 15 is 0 Å². The van der Waals surface area contributed by atoms with E-state index in [2.05, 4.69) is 4.74 Å². The third-order valence-electron chi connectivity index (χ3n) is 4.17. The number of nitrogens with zero attached hydrogens (tertiary/aromatic N) is 1. The minimum Gasteiger partial charge on any atom is -0.406 e. The highest BCUT2D eigenvalue weighted by molar-refractivity contribution is 6.33. The van der Waals surface area contributed by atoms with Crippen molar-refractivity contribution in [3.63, 3.8) is 0 Å². The van der Waals surface area contributed by atoms with Crippen LogP contribution in [0.15, 0.2) is 30.3 Å². The smallest absolute Gasteiger partial charge is 0.406 e. The normalized spacial score (nSPS) is 19.3. The molecule has 1 saturated heterocycles. The Morgan fingerprint density at radius 2 is 1.92 bits per heavy atom. The molecular formula is C17H16F3NO4. The summed E-state index contributed by atoms with van der Waals surface area (Å²) in [6.45, 7) is 1.48. The van der Waals surface area contributed by atoms with Gasteiger partial charge in [-0.3, -0.25) is 14.5 Å². The number of rotatable bonds is 4. The van der Waals surface area contributed by atoms with Crippen molar-refractivity contribution in [2.24, 2.45) is 5.92 Å². The van der Waals surface area contributed by atoms with Crippen molar-refractivity contribution in [1.82, 2.24) is 4.90 Å². The predicted molar refractivity (Wildman–Crippen MR) is 81.4 cm³/mol. The van der Waals surface area contributed by atoms with Crippen LogP contribution in [0.3, 0.4) is 0 Å². The lowest BCUT2D eigenvalue weighted by atomic mass is 9.99. The molecule has 3 rings (SSSR count). The number of carbonyl (C=O) groups excluding carboxylic acids is 2. The molecule has 1 fully saturated rings. The van der Waals surface area contributed by atoms with Gasteiger partial charge in [-0.1, -0.05) is 12.1 Å². The van der Waals surface area contributed by atoms with Crippen LogP contribution in [0.2, 0.25) is 0 Å². The highest BCUT2D eigenvalue weighted by Crippen LogP contribution is 2.30. The number of amides is 2. The number of benzene rings is 1. The summed E-state index contributed by atoms with van der Waals surface area (Å²) in [4.78, 5) is 25.8. The molecular weight excluding hydrogens is 339 g/mol. The van der Waals surface area contributed by atoms with Gasteiger partial charge in [0.1, 0.15) is 5.75 Å². The average molecular weight is 355 g/mol. The summed E-state index contributed by atoms with van der Waals surface area (Å²) in [5.74, 6) is -1.21. The van der Waals surface area contributed by atoms with Crippen molar-refractivity contribution in [1.29, 1.82) is 0 Å². The fourth-order valence-electron chi connectivity index (χ4n) is 2.94. The second kappa shape index (κ2) is 6.87. The Hall–Kier alpha value is -2.35. The Morgan fingerprint density at radius 1 is 1.20 bits per heavy atom. The maximum absolute atomic E-state index is 12.5. The first kappa shape index (κ1) is 17.5. The van der Waals surface area contributed by atoms with Gasteiger partial charge in [-0.15, -0.1) is 13.2 Å². The maximum Gasteiger partial charge on any atom is 0.573 e. The van der Waals surface area contributed by atoms with Gasteiger partial charge >= 0.3 is 6.36 Å². The molecule has 25 heavy (non-hydrogen) atoms. The highest BCUT2D eigenvalue weighted by Gasteiger charge is 2.35. The molecule has 2 aliphatic rings. The summed E-state index contributed by atoms with van der Waals surface area (Å²) in [7, 11) is 0. The standard InChI is InChI=1S/C17H16F3NO4/c18-17(19,20)25-13-3-1-2-12(8-13)14-9-15(22)21(16(14)23)10-11-4-6-24-7-5-11/h1-3,8-9,11H,4-7,10H2. The summed E-state index contributed by atoms with van der Waals surface area (Å²) < 4.78 is 46.1. The van der Waals surface area contributed by atoms with Gasteiger partial charge < -0.3 is 9.47 Å². The first-order valence-corrected chi connectivity index (χ1v) is 7.85. The van der Waals surface area contributed by atoms with Crippen molar-refractivity contribution in [3.05, 3.63) is 35.9 Å². The molecule has 0 unspecified atom stereocenters. The fourth-order valence-corrected chi connectivity index (χ4v) is 2.94. The molecule has 134 valence electrons. The van der Waals surface area contributed by atoms with E-state index in [4.69, 9.17) is 4.74 Å². The van der Waals surface area contributed by atoms with Gasteiger partial charge in [0, 0.05) is 25.8 Å².